The zero-order valence-corrected chi connectivity index (χ0v) is 12.9. The van der Waals surface area contributed by atoms with Gasteiger partial charge in [0.15, 0.2) is 6.61 Å². The summed E-state index contributed by atoms with van der Waals surface area (Å²) in [5, 5.41) is 0. The number of imide groups is 1. The summed E-state index contributed by atoms with van der Waals surface area (Å²) in [5.74, 6) is -0.411. The normalized spacial score (nSPS) is 20.7. The van der Waals surface area contributed by atoms with E-state index in [2.05, 4.69) is 4.74 Å². The van der Waals surface area contributed by atoms with Gasteiger partial charge >= 0.3 is 6.09 Å². The molecule has 21 heavy (non-hydrogen) atoms. The smallest absolute Gasteiger partial charge is 0.417 e. The number of ether oxygens (including phenoxy) is 1. The summed E-state index contributed by atoms with van der Waals surface area (Å²) in [4.78, 5) is 24.9. The topological polar surface area (TPSA) is 84.0 Å². The van der Waals surface area contributed by atoms with Crippen LogP contribution in [-0.4, -0.2) is 55.4 Å². The molecule has 1 aromatic rings. The summed E-state index contributed by atoms with van der Waals surface area (Å²) in [6.45, 7) is 1.96. The first-order valence-electron chi connectivity index (χ1n) is 6.51. The van der Waals surface area contributed by atoms with Gasteiger partial charge in [0.1, 0.15) is 4.21 Å². The van der Waals surface area contributed by atoms with Crippen LogP contribution in [0.15, 0.2) is 16.3 Å². The van der Waals surface area contributed by atoms with Crippen LogP contribution >= 0.6 is 11.3 Å². The Labute approximate surface area is 126 Å². The number of thiophene rings is 1. The molecule has 0 aliphatic carbocycles. The van der Waals surface area contributed by atoms with Crippen LogP contribution in [0.3, 0.4) is 0 Å². The van der Waals surface area contributed by atoms with Gasteiger partial charge in [0.05, 0.1) is 6.04 Å². The second-order valence-electron chi connectivity index (χ2n) is 4.87. The molecule has 3 rings (SSSR count). The lowest BCUT2D eigenvalue weighted by molar-refractivity contribution is -0.128. The molecule has 7 nitrogen and oxygen atoms in total. The number of hydrogen-bond donors (Lipinski definition) is 0. The van der Waals surface area contributed by atoms with Gasteiger partial charge < -0.3 is 4.74 Å². The average Bonchev–Trinajstić information content (AvgIpc) is 2.98. The predicted molar refractivity (Wildman–Crippen MR) is 74.4 cm³/mol. The lowest BCUT2D eigenvalue weighted by atomic mass is 10.1. The molecular formula is C12H14N2O5S2. The van der Waals surface area contributed by atoms with Crippen LogP contribution in [0, 0.1) is 0 Å². The molecule has 2 aliphatic heterocycles. The Morgan fingerprint density at radius 1 is 1.33 bits per heavy atom. The molecule has 0 atom stereocenters. The van der Waals surface area contributed by atoms with Crippen molar-refractivity contribution in [2.75, 3.05) is 19.7 Å². The summed E-state index contributed by atoms with van der Waals surface area (Å²) in [5.41, 5.74) is 0. The maximum Gasteiger partial charge on any atom is 0.417 e. The largest absolute Gasteiger partial charge is 0.439 e. The first-order valence-corrected chi connectivity index (χ1v) is 8.77. The van der Waals surface area contributed by atoms with E-state index >= 15 is 0 Å². The monoisotopic (exact) mass is 330 g/mol. The Morgan fingerprint density at radius 3 is 2.57 bits per heavy atom. The first-order chi connectivity index (χ1) is 9.93. The average molecular weight is 330 g/mol. The van der Waals surface area contributed by atoms with Crippen LogP contribution in [0.25, 0.3) is 0 Å². The summed E-state index contributed by atoms with van der Waals surface area (Å²) >= 11 is 1.25. The van der Waals surface area contributed by atoms with E-state index in [0.29, 0.717) is 4.21 Å². The standard InChI is InChI=1S/C12H14N2O5S2/c1-2-9-3-4-11(20-9)21(17,18)13-5-8(6-13)14-10(15)7-19-12(14)16/h3-4,8H,2,5-7H2,1H3. The molecule has 1 aromatic heterocycles. The van der Waals surface area contributed by atoms with Crippen molar-refractivity contribution in [2.24, 2.45) is 0 Å². The minimum Gasteiger partial charge on any atom is -0.439 e. The van der Waals surface area contributed by atoms with E-state index in [4.69, 9.17) is 0 Å². The highest BCUT2D eigenvalue weighted by atomic mass is 32.2. The third kappa shape index (κ3) is 2.34. The molecule has 0 N–H and O–H groups in total. The van der Waals surface area contributed by atoms with Crippen molar-refractivity contribution in [3.8, 4) is 0 Å². The van der Waals surface area contributed by atoms with Crippen molar-refractivity contribution >= 4 is 33.4 Å². The molecule has 0 aromatic carbocycles. The van der Waals surface area contributed by atoms with Gasteiger partial charge in [0, 0.05) is 18.0 Å². The third-order valence-corrected chi connectivity index (χ3v) is 7.09. The maximum atomic E-state index is 12.4. The third-order valence-electron chi connectivity index (χ3n) is 3.56. The molecule has 0 saturated carbocycles. The Kier molecular flexibility index (Phi) is 3.50. The number of cyclic esters (lactones) is 1. The van der Waals surface area contributed by atoms with Crippen molar-refractivity contribution in [1.82, 2.24) is 9.21 Å². The fraction of sp³-hybridized carbons (Fsp3) is 0.500. The van der Waals surface area contributed by atoms with Crippen LogP contribution in [0.2, 0.25) is 0 Å². The van der Waals surface area contributed by atoms with Crippen LogP contribution in [0.5, 0.6) is 0 Å². The Balaban J connectivity index is 1.70. The molecule has 2 fully saturated rings. The zero-order chi connectivity index (χ0) is 15.2. The highest BCUT2D eigenvalue weighted by Crippen LogP contribution is 2.30. The van der Waals surface area contributed by atoms with Crippen molar-refractivity contribution in [3.05, 3.63) is 17.0 Å². The van der Waals surface area contributed by atoms with Gasteiger partial charge in [-0.15, -0.1) is 11.3 Å². The number of carbonyl (C=O) groups excluding carboxylic acids is 2. The van der Waals surface area contributed by atoms with E-state index in [0.717, 1.165) is 16.2 Å². The number of carbonyl (C=O) groups is 2. The predicted octanol–water partition coefficient (Wildman–Crippen LogP) is 0.662. The van der Waals surface area contributed by atoms with Crippen molar-refractivity contribution in [2.45, 2.75) is 23.6 Å². The van der Waals surface area contributed by atoms with Crippen molar-refractivity contribution < 1.29 is 22.7 Å². The van der Waals surface area contributed by atoms with E-state index in [-0.39, 0.29) is 19.7 Å². The van der Waals surface area contributed by atoms with Crippen molar-refractivity contribution in [3.63, 3.8) is 0 Å². The number of sulfonamides is 1. The molecule has 2 saturated heterocycles. The molecule has 0 bridgehead atoms. The molecule has 2 amide bonds. The van der Waals surface area contributed by atoms with E-state index in [1.807, 2.05) is 6.92 Å². The maximum absolute atomic E-state index is 12.4. The molecule has 114 valence electrons. The minimum atomic E-state index is -3.53. The quantitative estimate of drug-likeness (QED) is 0.810. The van der Waals surface area contributed by atoms with Gasteiger partial charge in [-0.2, -0.15) is 4.31 Å². The SMILES string of the molecule is CCc1ccc(S(=O)(=O)N2CC(N3C(=O)COC3=O)C2)s1. The van der Waals surface area contributed by atoms with Crippen LogP contribution in [-0.2, 0) is 26.0 Å². The summed E-state index contributed by atoms with van der Waals surface area (Å²) < 4.78 is 31.0. The van der Waals surface area contributed by atoms with Crippen LogP contribution in [0.4, 0.5) is 4.79 Å². The Morgan fingerprint density at radius 2 is 2.05 bits per heavy atom. The fourth-order valence-corrected chi connectivity index (χ4v) is 5.27. The minimum absolute atomic E-state index is 0.128. The van der Waals surface area contributed by atoms with Crippen LogP contribution in [0.1, 0.15) is 11.8 Å². The van der Waals surface area contributed by atoms with Gasteiger partial charge in [-0.25, -0.2) is 18.1 Å². The van der Waals surface area contributed by atoms with E-state index in [1.54, 1.807) is 12.1 Å². The first kappa shape index (κ1) is 14.5. The second kappa shape index (κ2) is 5.08. The summed E-state index contributed by atoms with van der Waals surface area (Å²) in [7, 11) is -3.53. The molecule has 0 spiro atoms. The lowest BCUT2D eigenvalue weighted by Gasteiger charge is -2.40. The Hall–Kier alpha value is -1.45. The zero-order valence-electron chi connectivity index (χ0n) is 11.3. The van der Waals surface area contributed by atoms with E-state index < -0.39 is 28.1 Å². The van der Waals surface area contributed by atoms with Crippen LogP contribution < -0.4 is 0 Å². The molecule has 0 radical (unpaired) electrons. The number of aryl methyl sites for hydroxylation is 1. The summed E-state index contributed by atoms with van der Waals surface area (Å²) in [6, 6.07) is 2.98. The summed E-state index contributed by atoms with van der Waals surface area (Å²) in [6.07, 6.45) is 0.100. The van der Waals surface area contributed by atoms with Gasteiger partial charge in [-0.1, -0.05) is 6.92 Å². The van der Waals surface area contributed by atoms with Gasteiger partial charge in [0.2, 0.25) is 0 Å². The van der Waals surface area contributed by atoms with Gasteiger partial charge in [0.25, 0.3) is 15.9 Å². The Bertz CT molecular complexity index is 674. The van der Waals surface area contributed by atoms with E-state index in [9.17, 15) is 18.0 Å². The molecule has 9 heteroatoms. The fourth-order valence-electron chi connectivity index (χ4n) is 2.31. The molecule has 0 unspecified atom stereocenters. The van der Waals surface area contributed by atoms with Crippen molar-refractivity contribution in [1.29, 1.82) is 0 Å². The number of amides is 2. The molecule has 2 aliphatic rings. The molecule has 3 heterocycles. The number of nitrogens with zero attached hydrogens (tertiary/aromatic N) is 2. The highest BCUT2D eigenvalue weighted by Gasteiger charge is 2.47. The number of hydrogen-bond acceptors (Lipinski definition) is 6. The van der Waals surface area contributed by atoms with Gasteiger partial charge in [-0.3, -0.25) is 4.79 Å². The molecular weight excluding hydrogens is 316 g/mol. The second-order valence-corrected chi connectivity index (χ2v) is 8.20. The van der Waals surface area contributed by atoms with E-state index in [1.165, 1.54) is 15.6 Å². The highest BCUT2D eigenvalue weighted by molar-refractivity contribution is 7.91. The lowest BCUT2D eigenvalue weighted by Crippen LogP contribution is -2.61. The number of rotatable bonds is 4. The van der Waals surface area contributed by atoms with Gasteiger partial charge in [-0.05, 0) is 18.6 Å².